The number of benzene rings is 2. The third-order valence-electron chi connectivity index (χ3n) is 5.08. The van der Waals surface area contributed by atoms with Crippen molar-refractivity contribution in [3.05, 3.63) is 59.7 Å². The Morgan fingerprint density at radius 3 is 2.17 bits per heavy atom. The lowest BCUT2D eigenvalue weighted by Crippen LogP contribution is -2.44. The molecule has 0 saturated carbocycles. The molecule has 0 fully saturated rings. The molecular weight excluding hydrogens is 386 g/mol. The molecule has 0 spiro atoms. The average Bonchev–Trinajstić information content (AvgIpc) is 3.01. The lowest BCUT2D eigenvalue weighted by atomic mass is 9.98. The summed E-state index contributed by atoms with van der Waals surface area (Å²) in [6, 6.07) is 14.7. The Bertz CT molecular complexity index is 859. The molecule has 0 aliphatic heterocycles. The zero-order valence-corrected chi connectivity index (χ0v) is 17.1. The van der Waals surface area contributed by atoms with E-state index in [2.05, 4.69) is 5.32 Å². The van der Waals surface area contributed by atoms with Crippen LogP contribution in [0.15, 0.2) is 48.5 Å². The number of carboxylic acid groups (broad SMARTS) is 1. The van der Waals surface area contributed by atoms with Gasteiger partial charge in [0.15, 0.2) is 6.04 Å². The highest BCUT2D eigenvalue weighted by Crippen LogP contribution is 2.44. The molecule has 7 heteroatoms. The second-order valence-electron chi connectivity index (χ2n) is 8.00. The molecule has 7 nitrogen and oxygen atoms in total. The predicted molar refractivity (Wildman–Crippen MR) is 111 cm³/mol. The normalized spacial score (nSPS) is 14.0. The van der Waals surface area contributed by atoms with Crippen molar-refractivity contribution < 1.29 is 29.3 Å². The number of rotatable bonds is 9. The number of amides is 1. The van der Waals surface area contributed by atoms with Crippen LogP contribution < -0.4 is 5.32 Å². The molecule has 1 amide bonds. The van der Waals surface area contributed by atoms with Gasteiger partial charge in [0.05, 0.1) is 12.2 Å². The van der Waals surface area contributed by atoms with Gasteiger partial charge in [-0.3, -0.25) is 0 Å². The van der Waals surface area contributed by atoms with Crippen LogP contribution in [0.25, 0.3) is 11.1 Å². The average molecular weight is 413 g/mol. The van der Waals surface area contributed by atoms with Crippen molar-refractivity contribution in [2.75, 3.05) is 19.8 Å². The van der Waals surface area contributed by atoms with Gasteiger partial charge in [0.25, 0.3) is 0 Å². The molecule has 0 heterocycles. The van der Waals surface area contributed by atoms with Crippen LogP contribution in [0.3, 0.4) is 0 Å². The third-order valence-corrected chi connectivity index (χ3v) is 5.08. The number of carbonyl (C=O) groups is 2. The van der Waals surface area contributed by atoms with Crippen molar-refractivity contribution in [1.82, 2.24) is 5.32 Å². The van der Waals surface area contributed by atoms with Crippen LogP contribution in [-0.2, 0) is 14.3 Å². The first kappa shape index (κ1) is 21.8. The van der Waals surface area contributed by atoms with Gasteiger partial charge in [0.1, 0.15) is 6.61 Å². The van der Waals surface area contributed by atoms with Crippen molar-refractivity contribution in [2.24, 2.45) is 0 Å². The molecule has 160 valence electrons. The number of hydrogen-bond donors (Lipinski definition) is 3. The smallest absolute Gasteiger partial charge is 0.407 e. The molecule has 0 radical (unpaired) electrons. The number of nitrogens with one attached hydrogen (secondary N) is 1. The second kappa shape index (κ2) is 9.28. The topological polar surface area (TPSA) is 105 Å². The first-order valence-corrected chi connectivity index (χ1v) is 9.91. The molecule has 0 aromatic heterocycles. The van der Waals surface area contributed by atoms with E-state index in [4.69, 9.17) is 9.47 Å². The Kier molecular flexibility index (Phi) is 6.74. The SMILES string of the molecule is CC(C)(O)CCOC[C@H](NC(=O)OCC1c2ccccc2-c2ccccc21)C(=O)O. The Hall–Kier alpha value is -2.90. The predicted octanol–water partition coefficient (Wildman–Crippen LogP) is 3.16. The maximum atomic E-state index is 12.2. The molecule has 0 unspecified atom stereocenters. The van der Waals surface area contributed by atoms with Gasteiger partial charge in [-0.05, 0) is 42.5 Å². The van der Waals surface area contributed by atoms with Crippen molar-refractivity contribution in [2.45, 2.75) is 37.8 Å². The number of ether oxygens (including phenoxy) is 2. The molecule has 3 rings (SSSR count). The fourth-order valence-corrected chi connectivity index (χ4v) is 3.48. The molecule has 30 heavy (non-hydrogen) atoms. The summed E-state index contributed by atoms with van der Waals surface area (Å²) in [6.45, 7) is 3.35. The first-order chi connectivity index (χ1) is 14.3. The van der Waals surface area contributed by atoms with Gasteiger partial charge in [-0.1, -0.05) is 48.5 Å². The van der Waals surface area contributed by atoms with E-state index in [0.29, 0.717) is 6.42 Å². The number of hydrogen-bond acceptors (Lipinski definition) is 5. The van der Waals surface area contributed by atoms with Crippen LogP contribution >= 0.6 is 0 Å². The number of aliphatic hydroxyl groups is 1. The maximum Gasteiger partial charge on any atom is 0.407 e. The molecule has 1 aliphatic rings. The van der Waals surface area contributed by atoms with E-state index < -0.39 is 23.7 Å². The van der Waals surface area contributed by atoms with Crippen molar-refractivity contribution in [3.63, 3.8) is 0 Å². The van der Waals surface area contributed by atoms with E-state index in [1.165, 1.54) is 0 Å². The number of carbonyl (C=O) groups excluding carboxylic acids is 1. The van der Waals surface area contributed by atoms with Crippen LogP contribution in [0.2, 0.25) is 0 Å². The van der Waals surface area contributed by atoms with E-state index in [-0.39, 0.29) is 25.7 Å². The Morgan fingerprint density at radius 2 is 1.63 bits per heavy atom. The van der Waals surface area contributed by atoms with Crippen LogP contribution in [0.4, 0.5) is 4.79 Å². The highest BCUT2D eigenvalue weighted by atomic mass is 16.5. The Balaban J connectivity index is 1.56. The van der Waals surface area contributed by atoms with E-state index >= 15 is 0 Å². The summed E-state index contributed by atoms with van der Waals surface area (Å²) in [7, 11) is 0. The second-order valence-corrected chi connectivity index (χ2v) is 8.00. The molecule has 0 bridgehead atoms. The van der Waals surface area contributed by atoms with Gasteiger partial charge in [0, 0.05) is 12.5 Å². The number of carboxylic acids is 1. The summed E-state index contributed by atoms with van der Waals surface area (Å²) >= 11 is 0. The van der Waals surface area contributed by atoms with Gasteiger partial charge in [-0.2, -0.15) is 0 Å². The van der Waals surface area contributed by atoms with Crippen LogP contribution in [-0.4, -0.2) is 53.7 Å². The summed E-state index contributed by atoms with van der Waals surface area (Å²) < 4.78 is 10.7. The minimum Gasteiger partial charge on any atom is -0.480 e. The van der Waals surface area contributed by atoms with Crippen LogP contribution in [0, 0.1) is 0 Å². The lowest BCUT2D eigenvalue weighted by molar-refractivity contribution is -0.141. The minimum absolute atomic E-state index is 0.102. The summed E-state index contributed by atoms with van der Waals surface area (Å²) in [5.74, 6) is -1.32. The molecule has 2 aromatic carbocycles. The minimum atomic E-state index is -1.23. The van der Waals surface area contributed by atoms with E-state index in [0.717, 1.165) is 22.3 Å². The summed E-state index contributed by atoms with van der Waals surface area (Å²) in [4.78, 5) is 23.7. The first-order valence-electron chi connectivity index (χ1n) is 9.91. The summed E-state index contributed by atoms with van der Waals surface area (Å²) in [6.07, 6.45) is -0.458. The summed E-state index contributed by atoms with van der Waals surface area (Å²) in [5, 5.41) is 21.3. The number of fused-ring (bicyclic) bond motifs is 3. The van der Waals surface area contributed by atoms with Gasteiger partial charge in [0.2, 0.25) is 0 Å². The van der Waals surface area contributed by atoms with Crippen LogP contribution in [0.1, 0.15) is 37.3 Å². The van der Waals surface area contributed by atoms with E-state index in [1.807, 2.05) is 48.5 Å². The fraction of sp³-hybridized carbons (Fsp3) is 0.391. The van der Waals surface area contributed by atoms with E-state index in [1.54, 1.807) is 13.8 Å². The Morgan fingerprint density at radius 1 is 1.07 bits per heavy atom. The zero-order valence-electron chi connectivity index (χ0n) is 17.1. The molecule has 1 aliphatic carbocycles. The van der Waals surface area contributed by atoms with Crippen molar-refractivity contribution >= 4 is 12.1 Å². The van der Waals surface area contributed by atoms with Gasteiger partial charge in [-0.25, -0.2) is 9.59 Å². The quantitative estimate of drug-likeness (QED) is 0.546. The summed E-state index contributed by atoms with van der Waals surface area (Å²) in [5.41, 5.74) is 3.49. The fourth-order valence-electron chi connectivity index (χ4n) is 3.48. The largest absolute Gasteiger partial charge is 0.480 e. The van der Waals surface area contributed by atoms with Crippen molar-refractivity contribution in [3.8, 4) is 11.1 Å². The van der Waals surface area contributed by atoms with Gasteiger partial charge < -0.3 is 25.0 Å². The zero-order chi connectivity index (χ0) is 21.7. The maximum absolute atomic E-state index is 12.2. The molecular formula is C23H27NO6. The highest BCUT2D eigenvalue weighted by molar-refractivity contribution is 5.81. The highest BCUT2D eigenvalue weighted by Gasteiger charge is 2.29. The van der Waals surface area contributed by atoms with Gasteiger partial charge >= 0.3 is 12.1 Å². The molecule has 3 N–H and O–H groups in total. The van der Waals surface area contributed by atoms with Gasteiger partial charge in [-0.15, -0.1) is 0 Å². The number of aliphatic carboxylic acids is 1. The monoisotopic (exact) mass is 413 g/mol. The third kappa shape index (κ3) is 5.37. The van der Waals surface area contributed by atoms with E-state index in [9.17, 15) is 19.8 Å². The number of alkyl carbamates (subject to hydrolysis) is 1. The van der Waals surface area contributed by atoms with Crippen molar-refractivity contribution in [1.29, 1.82) is 0 Å². The molecule has 2 aromatic rings. The molecule has 0 saturated heterocycles. The molecule has 1 atom stereocenters. The standard InChI is InChI=1S/C23H27NO6/c1-23(2,28)11-12-29-14-20(21(25)26)24-22(27)30-13-19-17-9-5-3-7-15(17)16-8-4-6-10-18(16)19/h3-10,19-20,28H,11-14H2,1-2H3,(H,24,27)(H,25,26)/t20-/m0/s1. The lowest BCUT2D eigenvalue weighted by Gasteiger charge is -2.19. The van der Waals surface area contributed by atoms with Crippen LogP contribution in [0.5, 0.6) is 0 Å². The Labute approximate surface area is 175 Å².